The van der Waals surface area contributed by atoms with Gasteiger partial charge in [0.2, 0.25) is 5.79 Å². The molecule has 7 rings (SSSR count). The van der Waals surface area contributed by atoms with E-state index in [0.29, 0.717) is 47.7 Å². The van der Waals surface area contributed by atoms with Crippen molar-refractivity contribution >= 4 is 17.7 Å². The molecule has 0 saturated heterocycles. The first-order valence-corrected chi connectivity index (χ1v) is 21.8. The van der Waals surface area contributed by atoms with E-state index in [2.05, 4.69) is 24.0 Å². The van der Waals surface area contributed by atoms with E-state index in [0.717, 1.165) is 47.9 Å². The molecule has 0 aromatic heterocycles. The number of hydrogen-bond acceptors (Lipinski definition) is 10. The summed E-state index contributed by atoms with van der Waals surface area (Å²) in [4.78, 5) is 35.7. The number of benzene rings is 4. The number of ether oxygens (including phenoxy) is 3. The molecule has 6 atom stereocenters. The van der Waals surface area contributed by atoms with Crippen LogP contribution in [0.15, 0.2) is 133 Å². The number of allylic oxidation sites excluding steroid dienone is 1. The van der Waals surface area contributed by atoms with E-state index in [1.54, 1.807) is 54.4 Å². The van der Waals surface area contributed by atoms with E-state index < -0.39 is 23.8 Å². The predicted molar refractivity (Wildman–Crippen MR) is 239 cm³/mol. The summed E-state index contributed by atoms with van der Waals surface area (Å²) in [7, 11) is 1.74. The smallest absolute Gasteiger partial charge is 0.412 e. The fourth-order valence-corrected chi connectivity index (χ4v) is 9.50. The van der Waals surface area contributed by atoms with Crippen LogP contribution in [-0.4, -0.2) is 71.5 Å². The predicted octanol–water partition coefficient (Wildman–Crippen LogP) is 8.45. The monoisotopic (exact) mass is 852 g/mol. The van der Waals surface area contributed by atoms with Gasteiger partial charge in [0.25, 0.3) is 5.91 Å². The van der Waals surface area contributed by atoms with Crippen molar-refractivity contribution < 1.29 is 38.9 Å². The number of likely N-dealkylation sites (N-methyl/N-ethyl adjacent to an activating group) is 1. The Balaban J connectivity index is 1.37. The van der Waals surface area contributed by atoms with Crippen molar-refractivity contribution in [3.05, 3.63) is 155 Å². The average molecular weight is 853 g/mol. The molecular formula is C51H56N4O8. The summed E-state index contributed by atoms with van der Waals surface area (Å²) in [5.41, 5.74) is 5.08. The van der Waals surface area contributed by atoms with Crippen LogP contribution in [0.5, 0.6) is 11.5 Å². The van der Waals surface area contributed by atoms with Crippen molar-refractivity contribution in [3.8, 4) is 17.6 Å². The largest absolute Gasteiger partial charge is 0.459 e. The first-order valence-electron chi connectivity index (χ1n) is 21.8. The van der Waals surface area contributed by atoms with Gasteiger partial charge >= 0.3 is 6.09 Å². The molecule has 12 nitrogen and oxygen atoms in total. The van der Waals surface area contributed by atoms with Gasteiger partial charge in [-0.3, -0.25) is 4.79 Å². The van der Waals surface area contributed by atoms with E-state index in [1.165, 1.54) is 0 Å². The summed E-state index contributed by atoms with van der Waals surface area (Å²) in [6.07, 6.45) is 7.89. The quantitative estimate of drug-likeness (QED) is 0.0477. The summed E-state index contributed by atoms with van der Waals surface area (Å²) in [6.45, 7) is 4.76. The Kier molecular flexibility index (Phi) is 15.1. The Hall–Kier alpha value is -6.26. The lowest BCUT2D eigenvalue weighted by Crippen LogP contribution is -2.69. The molecule has 4 aromatic rings. The normalized spacial score (nSPS) is 22.6. The van der Waals surface area contributed by atoms with Crippen LogP contribution in [0.1, 0.15) is 83.5 Å². The van der Waals surface area contributed by atoms with Crippen LogP contribution in [0.3, 0.4) is 0 Å². The van der Waals surface area contributed by atoms with Crippen LogP contribution in [-0.2, 0) is 22.7 Å². The number of rotatable bonds is 19. The van der Waals surface area contributed by atoms with E-state index in [-0.39, 0.29) is 56.5 Å². The van der Waals surface area contributed by atoms with Crippen LogP contribution in [0.25, 0.3) is 0 Å². The number of hydrogen-bond donors (Lipinski definition) is 3. The lowest BCUT2D eigenvalue weighted by Gasteiger charge is -2.59. The number of carbonyl (C=O) groups is 2. The molecule has 2 amide bonds. The van der Waals surface area contributed by atoms with Gasteiger partial charge in [-0.25, -0.2) is 4.79 Å². The number of amides is 2. The van der Waals surface area contributed by atoms with Crippen LogP contribution in [0.2, 0.25) is 0 Å². The zero-order valence-electron chi connectivity index (χ0n) is 35.7. The van der Waals surface area contributed by atoms with Crippen LogP contribution in [0.4, 0.5) is 4.79 Å². The molecule has 328 valence electrons. The molecule has 1 heterocycles. The number of unbranched alkanes of at least 4 members (excludes halogenated alkanes) is 2. The molecular weight excluding hydrogens is 797 g/mol. The second-order valence-corrected chi connectivity index (χ2v) is 16.4. The molecule has 2 aliphatic carbocycles. The first-order chi connectivity index (χ1) is 30.8. The summed E-state index contributed by atoms with van der Waals surface area (Å²) >= 11 is 0. The molecule has 4 aromatic carbocycles. The van der Waals surface area contributed by atoms with Gasteiger partial charge in [0.05, 0.1) is 29.9 Å². The van der Waals surface area contributed by atoms with Crippen LogP contribution in [0, 0.1) is 29.1 Å². The summed E-state index contributed by atoms with van der Waals surface area (Å²) in [5.74, 6) is -1.76. The van der Waals surface area contributed by atoms with Crippen LogP contribution < -0.4 is 14.8 Å². The second kappa shape index (κ2) is 21.2. The lowest BCUT2D eigenvalue weighted by atomic mass is 9.55. The number of nitrogens with one attached hydrogen (secondary N) is 1. The highest BCUT2D eigenvalue weighted by atomic mass is 16.7. The summed E-state index contributed by atoms with van der Waals surface area (Å²) < 4.78 is 20.2. The van der Waals surface area contributed by atoms with Gasteiger partial charge in [0.1, 0.15) is 24.1 Å². The summed E-state index contributed by atoms with van der Waals surface area (Å²) in [5, 5.41) is 37.1. The highest BCUT2D eigenvalue weighted by molar-refractivity contribution is 6.03. The highest BCUT2D eigenvalue weighted by Crippen LogP contribution is 2.62. The van der Waals surface area contributed by atoms with Crippen molar-refractivity contribution in [2.24, 2.45) is 22.9 Å². The molecule has 12 heteroatoms. The molecule has 63 heavy (non-hydrogen) atoms. The lowest BCUT2D eigenvalue weighted by molar-refractivity contribution is -0.252. The molecule has 0 spiro atoms. The third-order valence-electron chi connectivity index (χ3n) is 12.4. The molecule has 3 aliphatic rings. The van der Waals surface area contributed by atoms with Crippen molar-refractivity contribution in [3.63, 3.8) is 0 Å². The van der Waals surface area contributed by atoms with Gasteiger partial charge in [0.15, 0.2) is 0 Å². The molecule has 0 bridgehead atoms. The minimum atomic E-state index is -1.46. The molecule has 0 radical (unpaired) electrons. The number of carbonyl (C=O) groups excluding carboxylic acids is 2. The molecule has 3 N–H and O–H groups in total. The zero-order valence-corrected chi connectivity index (χ0v) is 35.7. The third-order valence-corrected chi connectivity index (χ3v) is 12.4. The maximum Gasteiger partial charge on any atom is 0.412 e. The van der Waals surface area contributed by atoms with Crippen molar-refractivity contribution in [1.82, 2.24) is 10.2 Å². The van der Waals surface area contributed by atoms with Crippen molar-refractivity contribution in [1.29, 1.82) is 5.26 Å². The second-order valence-electron chi connectivity index (χ2n) is 16.4. The topological polar surface area (TPSA) is 163 Å². The molecule has 1 aliphatic heterocycles. The van der Waals surface area contributed by atoms with Gasteiger partial charge < -0.3 is 39.5 Å². The Labute approximate surface area is 369 Å². The van der Waals surface area contributed by atoms with E-state index in [4.69, 9.17) is 24.2 Å². The Bertz CT molecular complexity index is 2290. The average Bonchev–Trinajstić information content (AvgIpc) is 3.31. The highest BCUT2D eigenvalue weighted by Gasteiger charge is 2.65. The third kappa shape index (κ3) is 10.2. The van der Waals surface area contributed by atoms with Gasteiger partial charge in [-0.15, -0.1) is 6.58 Å². The van der Waals surface area contributed by atoms with E-state index in [9.17, 15) is 25.1 Å². The fourth-order valence-electron chi connectivity index (χ4n) is 9.50. The Morgan fingerprint density at radius 3 is 2.33 bits per heavy atom. The minimum absolute atomic E-state index is 0.0159. The number of fused-ring (bicyclic) bond motifs is 2. The van der Waals surface area contributed by atoms with E-state index >= 15 is 0 Å². The zero-order chi connectivity index (χ0) is 44.2. The van der Waals surface area contributed by atoms with Crippen molar-refractivity contribution in [2.45, 2.75) is 75.8 Å². The van der Waals surface area contributed by atoms with E-state index in [1.807, 2.05) is 66.7 Å². The first kappa shape index (κ1) is 44.8. The number of aliphatic hydroxyl groups is 2. The number of nitrogens with zero attached hydrogens (tertiary/aromatic N) is 3. The number of oxime groups is 1. The molecule has 1 fully saturated rings. The van der Waals surface area contributed by atoms with Gasteiger partial charge in [0, 0.05) is 50.3 Å². The number of aliphatic hydroxyl groups excluding tert-OH is 2. The maximum absolute atomic E-state index is 14.6. The maximum atomic E-state index is 14.6. The van der Waals surface area contributed by atoms with Gasteiger partial charge in [-0.1, -0.05) is 90.8 Å². The van der Waals surface area contributed by atoms with Crippen LogP contribution >= 0.6 is 0 Å². The van der Waals surface area contributed by atoms with Gasteiger partial charge in [-0.2, -0.15) is 5.26 Å². The van der Waals surface area contributed by atoms with Gasteiger partial charge in [-0.05, 0) is 96.7 Å². The minimum Gasteiger partial charge on any atom is -0.459 e. The molecule has 1 saturated carbocycles. The Morgan fingerprint density at radius 1 is 0.952 bits per heavy atom. The number of nitriles is 1. The standard InChI is InChI=1S/C51H56N4O8/c1-3-28-60-51-46(55(2)49(58)38-22-20-35(32-52)21-23-38)31-44(54-61-34-37-16-8-5-9-17-37)42-29-39(18-10-12-26-56)41(19-11-13-27-57)47(48(42)51)43-30-40(24-25-45(43)63-51)62-50(59)53-33-36-14-6-4-7-15-36/h3-9,14-17,20-25,29-30,39,41,46-48,56-57H,1,10-13,18-19,26-28,31,33-34H2,2H3,(H,53,59)/t39-,41+,46-,47+,48+,51+/m0/s1. The Morgan fingerprint density at radius 2 is 1.65 bits per heavy atom. The fraction of sp³-hybridized carbons (Fsp3) is 0.373. The molecule has 0 unspecified atom stereocenters. The van der Waals surface area contributed by atoms with Crippen molar-refractivity contribution in [2.75, 3.05) is 26.9 Å². The SMILES string of the molecule is C=CCO[C@@]12Oc3ccc(OC(=O)NCc4ccccc4)cc3[C@H]3[C@H](CCCCO)[C@@H](CCCCO)C=C(C(=NOCc4ccccc4)C[C@@H]1N(C)C(=O)c1ccc(C#N)cc1)[C@H]32. The summed E-state index contributed by atoms with van der Waals surface area (Å²) in [6, 6.07) is 32.7.